The van der Waals surface area contributed by atoms with E-state index in [1.807, 2.05) is 18.2 Å². The number of aliphatic hydroxyl groups excluding tert-OH is 1. The summed E-state index contributed by atoms with van der Waals surface area (Å²) < 4.78 is 5.21. The minimum absolute atomic E-state index is 0.0490. The number of rotatable bonds is 11. The van der Waals surface area contributed by atoms with E-state index in [-0.39, 0.29) is 26.0 Å². The number of ketones is 1. The van der Waals surface area contributed by atoms with Crippen molar-refractivity contribution in [3.8, 4) is 0 Å². The van der Waals surface area contributed by atoms with Crippen LogP contribution in [0.1, 0.15) is 17.5 Å². The number of pyridine rings is 1. The Kier molecular flexibility index (Phi) is 8.94. The molecule has 0 aliphatic carbocycles. The quantitative estimate of drug-likeness (QED) is 0.465. The number of carbonyl (C=O) groups excluding carboxylic acids is 3. The molecule has 0 saturated heterocycles. The molecule has 1 aromatic heterocycles. The Hall–Kier alpha value is -3.10. The predicted molar refractivity (Wildman–Crippen MR) is 105 cm³/mol. The maximum atomic E-state index is 12.8. The van der Waals surface area contributed by atoms with Crippen LogP contribution in [0.5, 0.6) is 0 Å². The van der Waals surface area contributed by atoms with Gasteiger partial charge in [-0.15, -0.1) is 0 Å². The van der Waals surface area contributed by atoms with Crippen molar-refractivity contribution in [1.82, 2.24) is 10.3 Å². The number of aromatic nitrogens is 1. The summed E-state index contributed by atoms with van der Waals surface area (Å²) >= 11 is 0. The van der Waals surface area contributed by atoms with E-state index >= 15 is 0 Å². The molecule has 0 bridgehead atoms. The van der Waals surface area contributed by atoms with Crippen molar-refractivity contribution in [2.45, 2.75) is 25.5 Å². The van der Waals surface area contributed by atoms with Crippen molar-refractivity contribution in [1.29, 1.82) is 0 Å². The molecule has 2 atom stereocenters. The zero-order chi connectivity index (χ0) is 21.1. The first-order valence-corrected chi connectivity index (χ1v) is 9.26. The highest BCUT2D eigenvalue weighted by atomic mass is 16.5. The topological polar surface area (TPSA) is 132 Å². The van der Waals surface area contributed by atoms with Gasteiger partial charge in [0.25, 0.3) is 0 Å². The highest BCUT2D eigenvalue weighted by molar-refractivity contribution is 5.92. The number of benzene rings is 1. The Bertz CT molecular complexity index is 798. The molecule has 8 nitrogen and oxygen atoms in total. The van der Waals surface area contributed by atoms with E-state index in [1.54, 1.807) is 36.7 Å². The second kappa shape index (κ2) is 11.7. The number of nitrogens with zero attached hydrogens (tertiary/aromatic N) is 1. The largest absolute Gasteiger partial charge is 0.461 e. The summed E-state index contributed by atoms with van der Waals surface area (Å²) in [5, 5.41) is 12.1. The van der Waals surface area contributed by atoms with Crippen molar-refractivity contribution in [3.63, 3.8) is 0 Å². The van der Waals surface area contributed by atoms with E-state index in [0.29, 0.717) is 0 Å². The van der Waals surface area contributed by atoms with Gasteiger partial charge in [0.15, 0.2) is 5.78 Å². The Labute approximate surface area is 169 Å². The third-order valence-corrected chi connectivity index (χ3v) is 4.30. The van der Waals surface area contributed by atoms with Gasteiger partial charge in [-0.25, -0.2) is 0 Å². The first-order chi connectivity index (χ1) is 14.0. The highest BCUT2D eigenvalue weighted by Crippen LogP contribution is 2.12. The molecule has 4 N–H and O–H groups in total. The summed E-state index contributed by atoms with van der Waals surface area (Å²) in [7, 11) is 0. The molecule has 0 fully saturated rings. The van der Waals surface area contributed by atoms with Crippen LogP contribution in [-0.4, -0.2) is 46.9 Å². The van der Waals surface area contributed by atoms with E-state index < -0.39 is 36.2 Å². The number of nitrogens with two attached hydrogens (primary N) is 1. The number of Topliss-reactive ketones (excluding diaryl/α,β-unsaturated/α-hetero) is 1. The van der Waals surface area contributed by atoms with Gasteiger partial charge in [0, 0.05) is 25.2 Å². The van der Waals surface area contributed by atoms with Crippen molar-refractivity contribution in [3.05, 3.63) is 66.0 Å². The molecular formula is C21H25N3O5. The average Bonchev–Trinajstić information content (AvgIpc) is 2.76. The lowest BCUT2D eigenvalue weighted by Crippen LogP contribution is -2.46. The first kappa shape index (κ1) is 22.2. The van der Waals surface area contributed by atoms with Gasteiger partial charge in [0.1, 0.15) is 6.61 Å². The van der Waals surface area contributed by atoms with Crippen LogP contribution in [-0.2, 0) is 32.1 Å². The summed E-state index contributed by atoms with van der Waals surface area (Å²) in [6.07, 6.45) is 3.13. The van der Waals surface area contributed by atoms with Crippen LogP contribution in [0.3, 0.4) is 0 Å². The number of aliphatic hydroxyl groups is 1. The molecule has 8 heteroatoms. The Morgan fingerprint density at radius 3 is 2.45 bits per heavy atom. The minimum atomic E-state index is -1.02. The fourth-order valence-corrected chi connectivity index (χ4v) is 2.71. The van der Waals surface area contributed by atoms with Gasteiger partial charge in [-0.1, -0.05) is 36.4 Å². The Balaban J connectivity index is 2.00. The second-order valence-corrected chi connectivity index (χ2v) is 6.53. The van der Waals surface area contributed by atoms with Gasteiger partial charge in [0.05, 0.1) is 25.1 Å². The molecular weight excluding hydrogens is 374 g/mol. The number of hydrogen-bond donors (Lipinski definition) is 3. The molecule has 29 heavy (non-hydrogen) atoms. The van der Waals surface area contributed by atoms with Crippen molar-refractivity contribution >= 4 is 17.7 Å². The number of nitrogens with one attached hydrogen (secondary N) is 1. The lowest BCUT2D eigenvalue weighted by molar-refractivity contribution is -0.153. The number of ether oxygens (including phenoxy) is 1. The van der Waals surface area contributed by atoms with Gasteiger partial charge in [-0.3, -0.25) is 19.4 Å². The average molecular weight is 399 g/mol. The van der Waals surface area contributed by atoms with E-state index in [0.717, 1.165) is 11.1 Å². The fraction of sp³-hybridized carbons (Fsp3) is 0.333. The number of amides is 1. The third kappa shape index (κ3) is 7.44. The van der Waals surface area contributed by atoms with Crippen LogP contribution < -0.4 is 11.1 Å². The van der Waals surface area contributed by atoms with Gasteiger partial charge in [0.2, 0.25) is 5.91 Å². The van der Waals surface area contributed by atoms with Crippen LogP contribution in [0.2, 0.25) is 0 Å². The van der Waals surface area contributed by atoms with Crippen molar-refractivity contribution in [2.24, 2.45) is 11.7 Å². The molecule has 1 heterocycles. The number of carbonyl (C=O) groups is 3. The van der Waals surface area contributed by atoms with E-state index in [1.165, 1.54) is 0 Å². The van der Waals surface area contributed by atoms with Crippen molar-refractivity contribution in [2.75, 3.05) is 13.2 Å². The molecule has 2 rings (SSSR count). The standard InChI is InChI=1S/C21H25N3O5/c22-11-20(27)24-18(9-16-7-4-8-23-12-16)19(26)10-17(13-25)21(28)29-14-15-5-2-1-3-6-15/h1-8,12,17-18,25H,9-11,13-14,22H2,(H,24,27)/t17-,18-/m0/s1. The first-order valence-electron chi connectivity index (χ1n) is 9.26. The molecule has 1 aromatic carbocycles. The monoisotopic (exact) mass is 399 g/mol. The van der Waals surface area contributed by atoms with Gasteiger partial charge in [-0.2, -0.15) is 0 Å². The van der Waals surface area contributed by atoms with E-state index in [9.17, 15) is 19.5 Å². The molecule has 0 saturated carbocycles. The molecule has 154 valence electrons. The summed E-state index contributed by atoms with van der Waals surface area (Å²) in [6, 6.07) is 11.7. The smallest absolute Gasteiger partial charge is 0.312 e. The zero-order valence-electron chi connectivity index (χ0n) is 16.0. The lowest BCUT2D eigenvalue weighted by atomic mass is 9.95. The van der Waals surface area contributed by atoms with Gasteiger partial charge in [-0.05, 0) is 17.2 Å². The van der Waals surface area contributed by atoms with Crippen LogP contribution >= 0.6 is 0 Å². The maximum absolute atomic E-state index is 12.8. The van der Waals surface area contributed by atoms with Crippen LogP contribution in [0, 0.1) is 5.92 Å². The zero-order valence-corrected chi connectivity index (χ0v) is 16.0. The summed E-state index contributed by atoms with van der Waals surface area (Å²) in [4.78, 5) is 40.8. The third-order valence-electron chi connectivity index (χ3n) is 4.30. The maximum Gasteiger partial charge on any atom is 0.312 e. The molecule has 0 aliphatic rings. The number of esters is 1. The van der Waals surface area contributed by atoms with E-state index in [2.05, 4.69) is 10.3 Å². The fourth-order valence-electron chi connectivity index (χ4n) is 2.71. The Morgan fingerprint density at radius 2 is 1.83 bits per heavy atom. The molecule has 0 aliphatic heterocycles. The molecule has 0 unspecified atom stereocenters. The predicted octanol–water partition coefficient (Wildman–Crippen LogP) is 0.379. The molecule has 0 spiro atoms. The second-order valence-electron chi connectivity index (χ2n) is 6.53. The Morgan fingerprint density at radius 1 is 1.10 bits per heavy atom. The van der Waals surface area contributed by atoms with Gasteiger partial charge >= 0.3 is 5.97 Å². The van der Waals surface area contributed by atoms with Crippen LogP contribution in [0.4, 0.5) is 0 Å². The van der Waals surface area contributed by atoms with Crippen LogP contribution in [0.15, 0.2) is 54.9 Å². The molecule has 2 aromatic rings. The minimum Gasteiger partial charge on any atom is -0.461 e. The summed E-state index contributed by atoms with van der Waals surface area (Å²) in [5.74, 6) is -2.57. The summed E-state index contributed by atoms with van der Waals surface area (Å²) in [6.45, 7) is -0.753. The molecule has 0 radical (unpaired) electrons. The number of hydrogen-bond acceptors (Lipinski definition) is 7. The van der Waals surface area contributed by atoms with Crippen LogP contribution in [0.25, 0.3) is 0 Å². The SMILES string of the molecule is NCC(=O)N[C@@H](Cc1cccnc1)C(=O)C[C@@H](CO)C(=O)OCc1ccccc1. The van der Waals surface area contributed by atoms with E-state index in [4.69, 9.17) is 10.5 Å². The molecule has 1 amide bonds. The summed E-state index contributed by atoms with van der Waals surface area (Å²) in [5.41, 5.74) is 6.88. The lowest BCUT2D eigenvalue weighted by Gasteiger charge is -2.20. The normalized spacial score (nSPS) is 12.6. The van der Waals surface area contributed by atoms with Crippen molar-refractivity contribution < 1.29 is 24.2 Å². The van der Waals surface area contributed by atoms with Gasteiger partial charge < -0.3 is 20.9 Å². The highest BCUT2D eigenvalue weighted by Gasteiger charge is 2.28.